The Balaban J connectivity index is 2.04. The first-order valence-electron chi connectivity index (χ1n) is 14.7. The number of nitrogens with zero attached hydrogens (tertiary/aromatic N) is 1. The van der Waals surface area contributed by atoms with Crippen LogP contribution < -0.4 is 0 Å². The molecule has 12 nitrogen and oxygen atoms in total. The van der Waals surface area contributed by atoms with Crippen molar-refractivity contribution in [3.8, 4) is 0 Å². The third kappa shape index (κ3) is 5.32. The molecule has 4 rings (SSSR count). The van der Waals surface area contributed by atoms with Crippen LogP contribution in [0.15, 0.2) is 35.5 Å². The lowest BCUT2D eigenvalue weighted by molar-refractivity contribution is -0.277. The highest BCUT2D eigenvalue weighted by atomic mass is 28.4. The van der Waals surface area contributed by atoms with E-state index in [2.05, 4.69) is 5.16 Å². The Morgan fingerprint density at radius 1 is 0.955 bits per heavy atom. The molecule has 0 spiro atoms. The minimum Gasteiger partial charge on any atom is -0.468 e. The number of carbonyl (C=O) groups is 4. The Bertz CT molecular complexity index is 1310. The van der Waals surface area contributed by atoms with Crippen molar-refractivity contribution in [3.63, 3.8) is 0 Å². The summed E-state index contributed by atoms with van der Waals surface area (Å²) in [6, 6.07) is 9.39. The number of ether oxygens (including phenoxy) is 5. The van der Waals surface area contributed by atoms with Gasteiger partial charge in [-0.15, -0.1) is 0 Å². The van der Waals surface area contributed by atoms with Gasteiger partial charge in [0.2, 0.25) is 0 Å². The van der Waals surface area contributed by atoms with Crippen LogP contribution in [0.1, 0.15) is 53.0 Å². The molecular weight excluding hydrogens is 590 g/mol. The zero-order valence-electron chi connectivity index (χ0n) is 26.8. The number of rotatable bonds is 9. The standard InChI is InChI=1S/C31H43NO11Si/c1-18(33)40-24-23-21(39-17-20-13-11-10-12-14-20)15-16-22-30(23,27(35)37-6)31(43-32-22,28(36)38-7)26(25(24)41-19(2)34)42-44(8,9)29(3,4)5/h10-14,21,23-26H,15-17H2,1-9H3/t21-,23-,24-,25-,26+,30-,31-/m0/s1. The van der Waals surface area contributed by atoms with Crippen molar-refractivity contribution in [2.45, 2.75) is 102 Å². The van der Waals surface area contributed by atoms with Crippen LogP contribution in [0.4, 0.5) is 0 Å². The van der Waals surface area contributed by atoms with Gasteiger partial charge in [-0.05, 0) is 36.5 Å². The van der Waals surface area contributed by atoms with Crippen molar-refractivity contribution in [1.82, 2.24) is 0 Å². The van der Waals surface area contributed by atoms with Crippen molar-refractivity contribution >= 4 is 37.9 Å². The molecule has 0 aromatic heterocycles. The normalized spacial score (nSPS) is 31.1. The third-order valence-corrected chi connectivity index (χ3v) is 13.9. The summed E-state index contributed by atoms with van der Waals surface area (Å²) in [5, 5.41) is 3.91. The second kappa shape index (κ2) is 12.2. The number of carbonyl (C=O) groups excluding carboxylic acids is 4. The Kier molecular flexibility index (Phi) is 9.35. The summed E-state index contributed by atoms with van der Waals surface area (Å²) in [5.74, 6) is -4.41. The summed E-state index contributed by atoms with van der Waals surface area (Å²) in [7, 11) is -0.514. The molecule has 0 radical (unpaired) electrons. The Hall–Kier alpha value is -3.29. The maximum atomic E-state index is 14.4. The third-order valence-electron chi connectivity index (χ3n) is 9.42. The molecule has 0 amide bonds. The van der Waals surface area contributed by atoms with Gasteiger partial charge in [0.1, 0.15) is 12.2 Å². The lowest BCUT2D eigenvalue weighted by atomic mass is 9.48. The SMILES string of the molecule is COC(=O)[C@@]12C3=NO[C@]1(C(=O)OC)[C@H](O[Si](C)(C)C(C)(C)C)[C@@H](OC(C)=O)[C@@H](OC(C)=O)[C@@H]2[C@@H](OCc1ccccc1)CC3. The smallest absolute Gasteiger partial charge is 0.357 e. The van der Waals surface area contributed by atoms with Crippen molar-refractivity contribution in [3.05, 3.63) is 35.9 Å². The molecule has 242 valence electrons. The number of hydrogen-bond acceptors (Lipinski definition) is 12. The molecule has 1 heterocycles. The Labute approximate surface area is 258 Å². The van der Waals surface area contributed by atoms with E-state index in [1.54, 1.807) is 0 Å². The van der Waals surface area contributed by atoms with Crippen molar-refractivity contribution in [2.24, 2.45) is 16.5 Å². The fraction of sp³-hybridized carbons (Fsp3) is 0.645. The molecule has 0 N–H and O–H groups in total. The summed E-state index contributed by atoms with van der Waals surface area (Å²) in [6.07, 6.45) is -4.52. The first-order valence-corrected chi connectivity index (χ1v) is 17.6. The highest BCUT2D eigenvalue weighted by molar-refractivity contribution is 6.74. The van der Waals surface area contributed by atoms with Crippen molar-refractivity contribution in [1.29, 1.82) is 0 Å². The number of hydrogen-bond donors (Lipinski definition) is 0. The van der Waals surface area contributed by atoms with E-state index >= 15 is 0 Å². The molecule has 0 unspecified atom stereocenters. The van der Waals surface area contributed by atoms with Gasteiger partial charge in [-0.3, -0.25) is 14.4 Å². The van der Waals surface area contributed by atoms with Crippen LogP contribution in [0.5, 0.6) is 0 Å². The highest BCUT2D eigenvalue weighted by Gasteiger charge is 2.86. The summed E-state index contributed by atoms with van der Waals surface area (Å²) in [5.41, 5.74) is -3.26. The predicted octanol–water partition coefficient (Wildman–Crippen LogP) is 3.71. The summed E-state index contributed by atoms with van der Waals surface area (Å²) < 4.78 is 36.0. The van der Waals surface area contributed by atoms with Gasteiger partial charge in [0.05, 0.1) is 38.6 Å². The average Bonchev–Trinajstić information content (AvgIpc) is 3.32. The minimum absolute atomic E-state index is 0.146. The first-order chi connectivity index (χ1) is 20.6. The summed E-state index contributed by atoms with van der Waals surface area (Å²) in [4.78, 5) is 60.2. The number of esters is 4. The van der Waals surface area contributed by atoms with Gasteiger partial charge in [0.25, 0.3) is 5.60 Å². The summed E-state index contributed by atoms with van der Waals surface area (Å²) in [6.45, 7) is 12.4. The van der Waals surface area contributed by atoms with E-state index in [1.807, 2.05) is 64.2 Å². The van der Waals surface area contributed by atoms with Crippen LogP contribution in [0.3, 0.4) is 0 Å². The lowest BCUT2D eigenvalue weighted by Gasteiger charge is -2.59. The van der Waals surface area contributed by atoms with Crippen molar-refractivity contribution in [2.75, 3.05) is 14.2 Å². The van der Waals surface area contributed by atoms with Crippen LogP contribution >= 0.6 is 0 Å². The number of oxime groups is 1. The van der Waals surface area contributed by atoms with E-state index in [4.69, 9.17) is 32.9 Å². The van der Waals surface area contributed by atoms with E-state index in [9.17, 15) is 19.2 Å². The van der Waals surface area contributed by atoms with Gasteiger partial charge in [0, 0.05) is 13.8 Å². The number of benzene rings is 1. The zero-order valence-corrected chi connectivity index (χ0v) is 27.8. The molecule has 2 aliphatic carbocycles. The molecule has 2 fully saturated rings. The topological polar surface area (TPSA) is 145 Å². The van der Waals surface area contributed by atoms with Crippen LogP contribution in [0, 0.1) is 11.3 Å². The van der Waals surface area contributed by atoms with Crippen LogP contribution in [-0.2, 0) is 58.7 Å². The molecule has 3 aliphatic rings. The monoisotopic (exact) mass is 633 g/mol. The van der Waals surface area contributed by atoms with Gasteiger partial charge in [-0.25, -0.2) is 4.79 Å². The Morgan fingerprint density at radius 3 is 2.09 bits per heavy atom. The fourth-order valence-electron chi connectivity index (χ4n) is 6.54. The van der Waals surface area contributed by atoms with E-state index in [0.29, 0.717) is 6.42 Å². The van der Waals surface area contributed by atoms with Crippen LogP contribution in [0.2, 0.25) is 18.1 Å². The fourth-order valence-corrected chi connectivity index (χ4v) is 7.83. The highest BCUT2D eigenvalue weighted by Crippen LogP contribution is 2.63. The van der Waals surface area contributed by atoms with Gasteiger partial charge in [-0.1, -0.05) is 56.3 Å². The van der Waals surface area contributed by atoms with Crippen molar-refractivity contribution < 1.29 is 52.1 Å². The predicted molar refractivity (Wildman–Crippen MR) is 159 cm³/mol. The molecular formula is C31H43NO11Si. The molecule has 2 saturated carbocycles. The lowest BCUT2D eigenvalue weighted by Crippen LogP contribution is -2.82. The molecule has 7 atom stereocenters. The van der Waals surface area contributed by atoms with E-state index in [-0.39, 0.29) is 18.7 Å². The molecule has 0 bridgehead atoms. The quantitative estimate of drug-likeness (QED) is 0.223. The molecule has 44 heavy (non-hydrogen) atoms. The van der Waals surface area contributed by atoms with Gasteiger partial charge in [0.15, 0.2) is 19.8 Å². The molecule has 13 heteroatoms. The molecule has 1 aromatic rings. The van der Waals surface area contributed by atoms with E-state index in [0.717, 1.165) is 12.7 Å². The van der Waals surface area contributed by atoms with E-state index in [1.165, 1.54) is 21.0 Å². The zero-order chi connectivity index (χ0) is 32.7. The minimum atomic E-state index is -2.86. The summed E-state index contributed by atoms with van der Waals surface area (Å²) >= 11 is 0. The van der Waals surface area contributed by atoms with Gasteiger partial charge in [-0.2, -0.15) is 0 Å². The maximum Gasteiger partial charge on any atom is 0.357 e. The van der Waals surface area contributed by atoms with Crippen LogP contribution in [-0.4, -0.2) is 82.1 Å². The maximum absolute atomic E-state index is 14.4. The molecule has 0 saturated heterocycles. The van der Waals surface area contributed by atoms with Gasteiger partial charge >= 0.3 is 23.9 Å². The molecule has 1 aliphatic heterocycles. The largest absolute Gasteiger partial charge is 0.468 e. The second-order valence-corrected chi connectivity index (χ2v) is 17.8. The van der Waals surface area contributed by atoms with E-state index < -0.39 is 78.6 Å². The second-order valence-electron chi connectivity index (χ2n) is 13.0. The molecule has 1 aromatic carbocycles. The first kappa shape index (κ1) is 33.6. The number of methoxy groups -OCH3 is 2. The van der Waals surface area contributed by atoms with Crippen LogP contribution in [0.25, 0.3) is 0 Å². The van der Waals surface area contributed by atoms with Gasteiger partial charge < -0.3 is 32.9 Å². The Morgan fingerprint density at radius 2 is 1.55 bits per heavy atom. The average molecular weight is 634 g/mol.